The zero-order chi connectivity index (χ0) is 12.1. The predicted molar refractivity (Wildman–Crippen MR) is 61.1 cm³/mol. The highest BCUT2D eigenvalue weighted by molar-refractivity contribution is 5.80. The summed E-state index contributed by atoms with van der Waals surface area (Å²) in [5.41, 5.74) is 0. The maximum absolute atomic E-state index is 11.8. The van der Waals surface area contributed by atoms with Crippen molar-refractivity contribution in [1.29, 1.82) is 0 Å². The van der Waals surface area contributed by atoms with Gasteiger partial charge in [-0.25, -0.2) is 0 Å². The number of likely N-dealkylation sites (tertiary alicyclic amines) is 1. The molecule has 1 heterocycles. The lowest BCUT2D eigenvalue weighted by molar-refractivity contribution is -0.138. The van der Waals surface area contributed by atoms with Crippen LogP contribution in [-0.2, 0) is 14.3 Å². The van der Waals surface area contributed by atoms with Crippen molar-refractivity contribution in [3.63, 3.8) is 0 Å². The van der Waals surface area contributed by atoms with Crippen molar-refractivity contribution in [3.8, 4) is 0 Å². The smallest absolute Gasteiger partial charge is 0.248 e. The lowest BCUT2D eigenvalue weighted by atomic mass is 10.1. The Morgan fingerprint density at radius 1 is 1.44 bits per heavy atom. The van der Waals surface area contributed by atoms with Gasteiger partial charge in [-0.15, -0.1) is 0 Å². The Morgan fingerprint density at radius 2 is 2.12 bits per heavy atom. The zero-order valence-electron chi connectivity index (χ0n) is 10.4. The Balaban J connectivity index is 2.44. The van der Waals surface area contributed by atoms with Crippen LogP contribution in [0.15, 0.2) is 0 Å². The fourth-order valence-electron chi connectivity index (χ4n) is 2.03. The van der Waals surface area contributed by atoms with E-state index >= 15 is 0 Å². The Labute approximate surface area is 96.9 Å². The third-order valence-corrected chi connectivity index (χ3v) is 2.76. The molecule has 1 saturated heterocycles. The molecule has 1 unspecified atom stereocenters. The number of hydrogen-bond donors (Lipinski definition) is 0. The van der Waals surface area contributed by atoms with Crippen LogP contribution >= 0.6 is 0 Å². The van der Waals surface area contributed by atoms with Gasteiger partial charge in [-0.3, -0.25) is 9.59 Å². The molecule has 1 amide bonds. The fraction of sp³-hybridized carbons (Fsp3) is 0.833. The topological polar surface area (TPSA) is 46.6 Å². The van der Waals surface area contributed by atoms with Gasteiger partial charge in [-0.2, -0.15) is 0 Å². The van der Waals surface area contributed by atoms with E-state index < -0.39 is 0 Å². The van der Waals surface area contributed by atoms with E-state index in [9.17, 15) is 9.59 Å². The molecule has 4 heteroatoms. The van der Waals surface area contributed by atoms with Crippen molar-refractivity contribution in [2.45, 2.75) is 52.2 Å². The van der Waals surface area contributed by atoms with Crippen molar-refractivity contribution in [3.05, 3.63) is 0 Å². The van der Waals surface area contributed by atoms with Crippen LogP contribution in [0.4, 0.5) is 0 Å². The SMILES string of the molecule is CC(=O)CC1CCCN1C(=O)COC(C)C. The highest BCUT2D eigenvalue weighted by Crippen LogP contribution is 2.20. The summed E-state index contributed by atoms with van der Waals surface area (Å²) in [5, 5.41) is 0. The van der Waals surface area contributed by atoms with Gasteiger partial charge in [-0.05, 0) is 33.6 Å². The van der Waals surface area contributed by atoms with Gasteiger partial charge in [0.15, 0.2) is 0 Å². The lowest BCUT2D eigenvalue weighted by Crippen LogP contribution is -2.39. The Hall–Kier alpha value is -0.900. The molecule has 0 spiro atoms. The second-order valence-corrected chi connectivity index (χ2v) is 4.65. The minimum absolute atomic E-state index is 0.0115. The molecule has 1 rings (SSSR count). The van der Waals surface area contributed by atoms with Crippen LogP contribution in [-0.4, -0.2) is 41.9 Å². The number of ether oxygens (including phenoxy) is 1. The predicted octanol–water partition coefficient (Wildman–Crippen LogP) is 1.38. The number of ketones is 1. The van der Waals surface area contributed by atoms with Gasteiger partial charge in [0.2, 0.25) is 5.91 Å². The van der Waals surface area contributed by atoms with E-state index in [1.165, 1.54) is 0 Å². The number of nitrogens with zero attached hydrogens (tertiary/aromatic N) is 1. The maximum Gasteiger partial charge on any atom is 0.248 e. The molecule has 1 fully saturated rings. The first-order valence-electron chi connectivity index (χ1n) is 5.91. The third kappa shape index (κ3) is 3.93. The summed E-state index contributed by atoms with van der Waals surface area (Å²) in [6, 6.07) is 0.0979. The molecule has 0 bridgehead atoms. The minimum Gasteiger partial charge on any atom is -0.369 e. The summed E-state index contributed by atoms with van der Waals surface area (Å²) in [7, 11) is 0. The largest absolute Gasteiger partial charge is 0.369 e. The molecule has 1 aliphatic rings. The molecule has 92 valence electrons. The Kier molecular flexibility index (Phi) is 4.93. The molecule has 0 radical (unpaired) electrons. The van der Waals surface area contributed by atoms with E-state index in [1.54, 1.807) is 11.8 Å². The summed E-state index contributed by atoms with van der Waals surface area (Å²) in [6.07, 6.45) is 2.48. The summed E-state index contributed by atoms with van der Waals surface area (Å²) in [5.74, 6) is 0.159. The van der Waals surface area contributed by atoms with Gasteiger partial charge in [0.1, 0.15) is 12.4 Å². The summed E-state index contributed by atoms with van der Waals surface area (Å²) < 4.78 is 5.29. The van der Waals surface area contributed by atoms with Crippen LogP contribution in [0, 0.1) is 0 Å². The minimum atomic E-state index is 0.0115. The van der Waals surface area contributed by atoms with Crippen LogP contribution in [0.5, 0.6) is 0 Å². The van der Waals surface area contributed by atoms with Gasteiger partial charge in [0.25, 0.3) is 0 Å². The van der Waals surface area contributed by atoms with Crippen LogP contribution < -0.4 is 0 Å². The second kappa shape index (κ2) is 5.99. The normalized spacial score (nSPS) is 20.5. The fourth-order valence-corrected chi connectivity index (χ4v) is 2.03. The van der Waals surface area contributed by atoms with E-state index in [-0.39, 0.29) is 30.4 Å². The number of Topliss-reactive ketones (excluding diaryl/α,β-unsaturated/α-hetero) is 1. The first-order chi connectivity index (χ1) is 7.50. The van der Waals surface area contributed by atoms with Gasteiger partial charge < -0.3 is 9.64 Å². The van der Waals surface area contributed by atoms with E-state index in [2.05, 4.69) is 0 Å². The molecule has 16 heavy (non-hydrogen) atoms. The molecule has 0 aromatic rings. The monoisotopic (exact) mass is 227 g/mol. The van der Waals surface area contributed by atoms with Crippen molar-refractivity contribution in [2.75, 3.05) is 13.2 Å². The van der Waals surface area contributed by atoms with Gasteiger partial charge in [-0.1, -0.05) is 0 Å². The molecule has 1 atom stereocenters. The van der Waals surface area contributed by atoms with E-state index in [0.717, 1.165) is 19.4 Å². The van der Waals surface area contributed by atoms with Gasteiger partial charge in [0.05, 0.1) is 6.10 Å². The molecule has 0 saturated carbocycles. The molecular formula is C12H21NO3. The van der Waals surface area contributed by atoms with Crippen LogP contribution in [0.2, 0.25) is 0 Å². The number of rotatable bonds is 5. The van der Waals surface area contributed by atoms with Gasteiger partial charge in [0, 0.05) is 19.0 Å². The molecule has 0 aromatic carbocycles. The highest BCUT2D eigenvalue weighted by Gasteiger charge is 2.29. The molecule has 1 aliphatic heterocycles. The standard InChI is InChI=1S/C12H21NO3/c1-9(2)16-8-12(15)13-6-4-5-11(13)7-10(3)14/h9,11H,4-8H2,1-3H3. The van der Waals surface area contributed by atoms with Crippen molar-refractivity contribution < 1.29 is 14.3 Å². The summed E-state index contributed by atoms with van der Waals surface area (Å²) in [4.78, 5) is 24.7. The molecular weight excluding hydrogens is 206 g/mol. The summed E-state index contributed by atoms with van der Waals surface area (Å²) in [6.45, 7) is 6.28. The van der Waals surface area contributed by atoms with E-state index in [1.807, 2.05) is 13.8 Å². The lowest BCUT2D eigenvalue weighted by Gasteiger charge is -2.24. The summed E-state index contributed by atoms with van der Waals surface area (Å²) >= 11 is 0. The second-order valence-electron chi connectivity index (χ2n) is 4.65. The van der Waals surface area contributed by atoms with Crippen LogP contribution in [0.1, 0.15) is 40.0 Å². The molecule has 4 nitrogen and oxygen atoms in total. The average molecular weight is 227 g/mol. The quantitative estimate of drug-likeness (QED) is 0.713. The van der Waals surface area contributed by atoms with Crippen LogP contribution in [0.3, 0.4) is 0 Å². The maximum atomic E-state index is 11.8. The van der Waals surface area contributed by atoms with Crippen molar-refractivity contribution in [1.82, 2.24) is 4.90 Å². The highest BCUT2D eigenvalue weighted by atomic mass is 16.5. The first kappa shape index (κ1) is 13.2. The third-order valence-electron chi connectivity index (χ3n) is 2.76. The number of carbonyl (C=O) groups is 2. The number of amides is 1. The van der Waals surface area contributed by atoms with Crippen LogP contribution in [0.25, 0.3) is 0 Å². The Morgan fingerprint density at radius 3 is 2.69 bits per heavy atom. The van der Waals surface area contributed by atoms with E-state index in [0.29, 0.717) is 6.42 Å². The number of hydrogen-bond acceptors (Lipinski definition) is 3. The first-order valence-corrected chi connectivity index (χ1v) is 5.91. The number of carbonyl (C=O) groups excluding carboxylic acids is 2. The average Bonchev–Trinajstić information content (AvgIpc) is 2.61. The van der Waals surface area contributed by atoms with Crippen molar-refractivity contribution in [2.24, 2.45) is 0 Å². The Bertz CT molecular complexity index is 263. The zero-order valence-corrected chi connectivity index (χ0v) is 10.4. The molecule has 0 aliphatic carbocycles. The molecule has 0 N–H and O–H groups in total. The molecule has 0 aromatic heterocycles. The van der Waals surface area contributed by atoms with Crippen molar-refractivity contribution >= 4 is 11.7 Å². The van der Waals surface area contributed by atoms with E-state index in [4.69, 9.17) is 4.74 Å². The van der Waals surface area contributed by atoms with Gasteiger partial charge >= 0.3 is 0 Å².